The molecule has 4 rings (SSSR count). The van der Waals surface area contributed by atoms with Crippen molar-refractivity contribution in [1.29, 1.82) is 0 Å². The molecule has 0 saturated carbocycles. The lowest BCUT2D eigenvalue weighted by atomic mass is 10.1. The number of aromatic nitrogens is 3. The highest BCUT2D eigenvalue weighted by Gasteiger charge is 2.16. The van der Waals surface area contributed by atoms with E-state index >= 15 is 0 Å². The highest BCUT2D eigenvalue weighted by molar-refractivity contribution is 7.14. The van der Waals surface area contributed by atoms with Gasteiger partial charge in [0, 0.05) is 23.2 Å². The van der Waals surface area contributed by atoms with Crippen molar-refractivity contribution >= 4 is 22.4 Å². The summed E-state index contributed by atoms with van der Waals surface area (Å²) in [6.07, 6.45) is 1.70. The Balaban J connectivity index is 1.50. The first-order valence-corrected chi connectivity index (χ1v) is 8.38. The van der Waals surface area contributed by atoms with Crippen molar-refractivity contribution in [2.24, 2.45) is 0 Å². The smallest absolute Gasteiger partial charge is 0.296 e. The molecule has 3 aromatic heterocycles. The molecule has 4 aromatic rings. The van der Waals surface area contributed by atoms with E-state index in [-0.39, 0.29) is 5.76 Å². The number of hydrogen-bond donors (Lipinski definition) is 1. The predicted octanol–water partition coefficient (Wildman–Crippen LogP) is 4.11. The molecular weight excluding hydrogens is 336 g/mol. The molecule has 7 heteroatoms. The van der Waals surface area contributed by atoms with Crippen LogP contribution in [0.2, 0.25) is 0 Å². The first kappa shape index (κ1) is 15.2. The lowest BCUT2D eigenvalue weighted by Crippen LogP contribution is -2.10. The third-order valence-electron chi connectivity index (χ3n) is 3.46. The normalized spacial score (nSPS) is 10.6. The van der Waals surface area contributed by atoms with Crippen molar-refractivity contribution in [3.8, 4) is 22.6 Å². The van der Waals surface area contributed by atoms with Crippen molar-refractivity contribution < 1.29 is 9.32 Å². The number of anilines is 1. The number of pyridine rings is 1. The van der Waals surface area contributed by atoms with Gasteiger partial charge in [-0.15, -0.1) is 11.3 Å². The number of carbonyl (C=O) groups excluding carboxylic acids is 1. The molecule has 1 amide bonds. The van der Waals surface area contributed by atoms with Gasteiger partial charge in [-0.05, 0) is 12.1 Å². The fraction of sp³-hybridized carbons (Fsp3) is 0. The van der Waals surface area contributed by atoms with Gasteiger partial charge in [-0.25, -0.2) is 4.98 Å². The number of carbonyl (C=O) groups is 1. The fourth-order valence-corrected chi connectivity index (χ4v) is 2.95. The first-order chi connectivity index (χ1) is 12.3. The van der Waals surface area contributed by atoms with Crippen LogP contribution in [0.25, 0.3) is 22.6 Å². The Morgan fingerprint density at radius 2 is 1.84 bits per heavy atom. The number of thiazole rings is 1. The molecule has 0 aliphatic heterocycles. The fourth-order valence-electron chi connectivity index (χ4n) is 2.25. The van der Waals surface area contributed by atoms with E-state index < -0.39 is 5.91 Å². The number of hydrogen-bond acceptors (Lipinski definition) is 6. The molecule has 3 heterocycles. The van der Waals surface area contributed by atoms with Crippen molar-refractivity contribution in [1.82, 2.24) is 15.1 Å². The third kappa shape index (κ3) is 3.31. The minimum atomic E-state index is -0.392. The molecule has 1 aromatic carbocycles. The van der Waals surface area contributed by atoms with E-state index in [1.807, 2.05) is 53.9 Å². The molecule has 1 N–H and O–H groups in total. The second-order valence-electron chi connectivity index (χ2n) is 5.15. The number of amides is 1. The van der Waals surface area contributed by atoms with E-state index in [2.05, 4.69) is 20.4 Å². The topological polar surface area (TPSA) is 80.9 Å². The molecule has 0 unspecified atom stereocenters. The quantitative estimate of drug-likeness (QED) is 0.600. The van der Waals surface area contributed by atoms with Crippen LogP contribution < -0.4 is 5.32 Å². The summed E-state index contributed by atoms with van der Waals surface area (Å²) in [5, 5.41) is 8.98. The van der Waals surface area contributed by atoms with Crippen LogP contribution in [0.1, 0.15) is 10.6 Å². The molecule has 0 spiro atoms. The molecule has 122 valence electrons. The van der Waals surface area contributed by atoms with Gasteiger partial charge in [0.1, 0.15) is 11.4 Å². The second kappa shape index (κ2) is 6.66. The summed E-state index contributed by atoms with van der Waals surface area (Å²) in [5.41, 5.74) is 2.96. The lowest BCUT2D eigenvalue weighted by Gasteiger charge is -1.97. The summed E-state index contributed by atoms with van der Waals surface area (Å²) < 4.78 is 5.15. The summed E-state index contributed by atoms with van der Waals surface area (Å²) in [6, 6.07) is 16.7. The van der Waals surface area contributed by atoms with E-state index in [9.17, 15) is 4.79 Å². The van der Waals surface area contributed by atoms with Gasteiger partial charge in [0.05, 0.1) is 5.69 Å². The molecule has 0 aliphatic carbocycles. The van der Waals surface area contributed by atoms with Crippen LogP contribution in [-0.4, -0.2) is 21.0 Å². The summed E-state index contributed by atoms with van der Waals surface area (Å²) in [5.74, 6) is -0.259. The Bertz CT molecular complexity index is 996. The van der Waals surface area contributed by atoms with Gasteiger partial charge >= 0.3 is 0 Å². The minimum Gasteiger partial charge on any atom is -0.350 e. The molecule has 0 atom stereocenters. The minimum absolute atomic E-state index is 0.133. The van der Waals surface area contributed by atoms with E-state index in [4.69, 9.17) is 4.52 Å². The van der Waals surface area contributed by atoms with Gasteiger partial charge in [-0.2, -0.15) is 0 Å². The Kier molecular flexibility index (Phi) is 4.05. The van der Waals surface area contributed by atoms with Crippen LogP contribution in [0.5, 0.6) is 0 Å². The second-order valence-corrected chi connectivity index (χ2v) is 6.01. The number of nitrogens with zero attached hydrogens (tertiary/aromatic N) is 3. The molecule has 0 aliphatic rings. The monoisotopic (exact) mass is 348 g/mol. The lowest BCUT2D eigenvalue weighted by molar-refractivity contribution is 0.0988. The molecular formula is C18H12N4O2S. The van der Waals surface area contributed by atoms with Gasteiger partial charge in [0.2, 0.25) is 5.76 Å². The SMILES string of the molecule is O=C(Nc1nc(-c2ccccn2)cs1)c1cc(-c2ccccc2)no1. The van der Waals surface area contributed by atoms with Crippen LogP contribution in [-0.2, 0) is 0 Å². The highest BCUT2D eigenvalue weighted by atomic mass is 32.1. The third-order valence-corrected chi connectivity index (χ3v) is 4.21. The van der Waals surface area contributed by atoms with Crippen LogP contribution in [0.4, 0.5) is 5.13 Å². The van der Waals surface area contributed by atoms with Crippen LogP contribution in [0, 0.1) is 0 Å². The van der Waals surface area contributed by atoms with E-state index in [0.29, 0.717) is 16.5 Å². The molecule has 0 fully saturated rings. The average Bonchev–Trinajstić information content (AvgIpc) is 3.33. The Labute approximate surface area is 147 Å². The van der Waals surface area contributed by atoms with E-state index in [1.54, 1.807) is 12.3 Å². The molecule has 0 bridgehead atoms. The van der Waals surface area contributed by atoms with Gasteiger partial charge in [-0.3, -0.25) is 15.1 Å². The maximum atomic E-state index is 12.3. The van der Waals surface area contributed by atoms with Crippen LogP contribution in [0.15, 0.2) is 70.7 Å². The first-order valence-electron chi connectivity index (χ1n) is 7.50. The summed E-state index contributed by atoms with van der Waals surface area (Å²) in [4.78, 5) is 20.9. The standard InChI is InChI=1S/C18H12N4O2S/c23-17(16-10-14(22-24-16)12-6-2-1-3-7-12)21-18-20-15(11-25-18)13-8-4-5-9-19-13/h1-11H,(H,20,21,23). The van der Waals surface area contributed by atoms with Crippen molar-refractivity contribution in [3.63, 3.8) is 0 Å². The predicted molar refractivity (Wildman–Crippen MR) is 95.2 cm³/mol. The Hall–Kier alpha value is -3.32. The molecule has 6 nitrogen and oxygen atoms in total. The van der Waals surface area contributed by atoms with Crippen LogP contribution >= 0.6 is 11.3 Å². The Morgan fingerprint density at radius 1 is 1.00 bits per heavy atom. The summed E-state index contributed by atoms with van der Waals surface area (Å²) in [6.45, 7) is 0. The zero-order valence-electron chi connectivity index (χ0n) is 12.9. The van der Waals surface area contributed by atoms with Crippen molar-refractivity contribution in [3.05, 3.63) is 71.9 Å². The maximum absolute atomic E-state index is 12.3. The van der Waals surface area contributed by atoms with E-state index in [1.165, 1.54) is 11.3 Å². The van der Waals surface area contributed by atoms with Gasteiger partial charge < -0.3 is 4.52 Å². The molecule has 0 radical (unpaired) electrons. The number of nitrogens with one attached hydrogen (secondary N) is 1. The van der Waals surface area contributed by atoms with Gasteiger partial charge in [0.25, 0.3) is 5.91 Å². The largest absolute Gasteiger partial charge is 0.350 e. The molecule has 25 heavy (non-hydrogen) atoms. The maximum Gasteiger partial charge on any atom is 0.296 e. The Morgan fingerprint density at radius 3 is 2.64 bits per heavy atom. The zero-order chi connectivity index (χ0) is 17.1. The number of benzene rings is 1. The average molecular weight is 348 g/mol. The van der Waals surface area contributed by atoms with Crippen LogP contribution in [0.3, 0.4) is 0 Å². The molecule has 0 saturated heterocycles. The summed E-state index contributed by atoms with van der Waals surface area (Å²) in [7, 11) is 0. The van der Waals surface area contributed by atoms with E-state index in [0.717, 1.165) is 11.3 Å². The van der Waals surface area contributed by atoms with Crippen molar-refractivity contribution in [2.45, 2.75) is 0 Å². The number of rotatable bonds is 4. The zero-order valence-corrected chi connectivity index (χ0v) is 13.7. The summed E-state index contributed by atoms with van der Waals surface area (Å²) >= 11 is 1.33. The van der Waals surface area contributed by atoms with Gasteiger partial charge in [0.15, 0.2) is 5.13 Å². The van der Waals surface area contributed by atoms with Gasteiger partial charge in [-0.1, -0.05) is 41.6 Å². The van der Waals surface area contributed by atoms with Crippen molar-refractivity contribution in [2.75, 3.05) is 5.32 Å². The highest BCUT2D eigenvalue weighted by Crippen LogP contribution is 2.24.